The second-order valence-electron chi connectivity index (χ2n) is 5.20. The van der Waals surface area contributed by atoms with Crippen molar-refractivity contribution in [1.29, 1.82) is 0 Å². The molecule has 2 aromatic carbocycles. The summed E-state index contributed by atoms with van der Waals surface area (Å²) in [6.07, 6.45) is 1.05. The number of hydrogen-bond acceptors (Lipinski definition) is 4. The summed E-state index contributed by atoms with van der Waals surface area (Å²) in [7, 11) is 1.48. The van der Waals surface area contributed by atoms with Crippen molar-refractivity contribution < 1.29 is 19.1 Å². The van der Waals surface area contributed by atoms with Crippen LogP contribution in [0.4, 0.5) is 0 Å². The van der Waals surface area contributed by atoms with E-state index in [0.29, 0.717) is 23.6 Å². The van der Waals surface area contributed by atoms with Crippen LogP contribution in [-0.4, -0.2) is 18.9 Å². The van der Waals surface area contributed by atoms with Gasteiger partial charge < -0.3 is 14.3 Å². The van der Waals surface area contributed by atoms with Crippen molar-refractivity contribution in [2.45, 2.75) is 19.8 Å². The number of hydrogen-bond donors (Lipinski definition) is 0. The molecule has 126 valence electrons. The van der Waals surface area contributed by atoms with Crippen LogP contribution in [0.5, 0.6) is 11.5 Å². The molecule has 0 atom stereocenters. The van der Waals surface area contributed by atoms with E-state index in [9.17, 15) is 9.59 Å². The van der Waals surface area contributed by atoms with E-state index >= 15 is 0 Å². The lowest BCUT2D eigenvalue weighted by Crippen LogP contribution is -2.10. The highest BCUT2D eigenvalue weighted by molar-refractivity contribution is 6.36. The van der Waals surface area contributed by atoms with Crippen molar-refractivity contribution in [2.24, 2.45) is 0 Å². The summed E-state index contributed by atoms with van der Waals surface area (Å²) in [5.41, 5.74) is 1.13. The molecule has 0 aromatic heterocycles. The molecule has 0 amide bonds. The Kier molecular flexibility index (Phi) is 6.23. The second-order valence-corrected chi connectivity index (χ2v) is 6.04. The first-order valence-electron chi connectivity index (χ1n) is 7.24. The van der Waals surface area contributed by atoms with Gasteiger partial charge in [0.1, 0.15) is 5.78 Å². The summed E-state index contributed by atoms with van der Waals surface area (Å²) >= 11 is 11.8. The Bertz CT molecular complexity index is 772. The Balaban J connectivity index is 2.19. The third-order valence-corrected chi connectivity index (χ3v) is 3.90. The first-order valence-corrected chi connectivity index (χ1v) is 8.00. The number of carbonyl (C=O) groups excluding carboxylic acids is 2. The van der Waals surface area contributed by atoms with Gasteiger partial charge in [-0.05, 0) is 49.2 Å². The second kappa shape index (κ2) is 8.18. The smallest absolute Gasteiger partial charge is 0.345 e. The molecule has 0 heterocycles. The number of rotatable bonds is 6. The molecule has 2 aromatic rings. The molecular weight excluding hydrogens is 351 g/mol. The van der Waals surface area contributed by atoms with E-state index in [1.165, 1.54) is 19.2 Å². The predicted molar refractivity (Wildman–Crippen MR) is 93.4 cm³/mol. The van der Waals surface area contributed by atoms with Crippen LogP contribution < -0.4 is 9.47 Å². The summed E-state index contributed by atoms with van der Waals surface area (Å²) in [4.78, 5) is 23.3. The maximum absolute atomic E-state index is 12.3. The zero-order valence-electron chi connectivity index (χ0n) is 13.3. The number of carbonyl (C=O) groups is 2. The number of Topliss-reactive ketones (excluding diaryl/α,β-unsaturated/α-hetero) is 1. The number of benzene rings is 2. The predicted octanol–water partition coefficient (Wildman–Crippen LogP) is 4.74. The van der Waals surface area contributed by atoms with E-state index in [4.69, 9.17) is 32.7 Å². The van der Waals surface area contributed by atoms with Crippen molar-refractivity contribution in [3.8, 4) is 11.5 Å². The molecule has 0 aliphatic carbocycles. The third-order valence-electron chi connectivity index (χ3n) is 3.35. The quantitative estimate of drug-likeness (QED) is 0.547. The number of ether oxygens (including phenoxy) is 2. The van der Waals surface area contributed by atoms with Gasteiger partial charge in [0, 0.05) is 11.4 Å². The Morgan fingerprint density at radius 2 is 1.79 bits per heavy atom. The zero-order chi connectivity index (χ0) is 17.7. The molecule has 0 radical (unpaired) electrons. The van der Waals surface area contributed by atoms with Gasteiger partial charge in [0.05, 0.1) is 17.7 Å². The Hall–Kier alpha value is -2.04. The van der Waals surface area contributed by atoms with E-state index in [-0.39, 0.29) is 22.1 Å². The largest absolute Gasteiger partial charge is 0.493 e. The lowest BCUT2D eigenvalue weighted by molar-refractivity contribution is -0.116. The molecule has 0 saturated heterocycles. The van der Waals surface area contributed by atoms with Crippen molar-refractivity contribution in [2.75, 3.05) is 7.11 Å². The van der Waals surface area contributed by atoms with Gasteiger partial charge in [-0.2, -0.15) is 0 Å². The molecule has 2 rings (SSSR count). The Morgan fingerprint density at radius 3 is 2.42 bits per heavy atom. The summed E-state index contributed by atoms with van der Waals surface area (Å²) < 4.78 is 10.6. The lowest BCUT2D eigenvalue weighted by atomic mass is 10.1. The summed E-state index contributed by atoms with van der Waals surface area (Å²) in [5.74, 6) is 0.197. The average molecular weight is 367 g/mol. The number of methoxy groups -OCH3 is 1. The topological polar surface area (TPSA) is 52.6 Å². The summed E-state index contributed by atoms with van der Waals surface area (Å²) in [6.45, 7) is 1.54. The van der Waals surface area contributed by atoms with Gasteiger partial charge in [0.2, 0.25) is 0 Å². The molecule has 0 aliphatic rings. The van der Waals surface area contributed by atoms with Gasteiger partial charge in [-0.1, -0.05) is 29.3 Å². The molecule has 0 unspecified atom stereocenters. The van der Waals surface area contributed by atoms with Crippen LogP contribution in [0.2, 0.25) is 10.0 Å². The molecule has 0 bridgehead atoms. The van der Waals surface area contributed by atoms with Crippen molar-refractivity contribution >= 4 is 35.0 Å². The van der Waals surface area contributed by atoms with Crippen molar-refractivity contribution in [1.82, 2.24) is 0 Å². The first-order chi connectivity index (χ1) is 11.4. The van der Waals surface area contributed by atoms with Crippen LogP contribution in [-0.2, 0) is 11.2 Å². The fourth-order valence-corrected chi connectivity index (χ4v) is 2.57. The minimum atomic E-state index is -0.605. The third kappa shape index (κ3) is 4.73. The standard InChI is InChI=1S/C18H16Cl2O4/c1-11(21)3-4-12-5-8-16(17(9-12)23-2)24-18(22)14-7-6-13(19)10-15(14)20/h5-10H,3-4H2,1-2H3. The first kappa shape index (κ1) is 18.3. The summed E-state index contributed by atoms with van der Waals surface area (Å²) in [6, 6.07) is 9.71. The number of halogens is 2. The number of esters is 1. The fourth-order valence-electron chi connectivity index (χ4n) is 2.08. The molecular formula is C18H16Cl2O4. The maximum Gasteiger partial charge on any atom is 0.345 e. The van der Waals surface area contributed by atoms with Gasteiger partial charge in [-0.25, -0.2) is 4.79 Å². The van der Waals surface area contributed by atoms with Crippen molar-refractivity contribution in [3.63, 3.8) is 0 Å². The minimum absolute atomic E-state index is 0.113. The van der Waals surface area contributed by atoms with Crippen LogP contribution in [0.25, 0.3) is 0 Å². The minimum Gasteiger partial charge on any atom is -0.493 e. The van der Waals surface area contributed by atoms with Crippen LogP contribution in [0, 0.1) is 0 Å². The monoisotopic (exact) mass is 366 g/mol. The van der Waals surface area contributed by atoms with Crippen LogP contribution >= 0.6 is 23.2 Å². The number of aryl methyl sites for hydroxylation is 1. The molecule has 0 spiro atoms. The normalized spacial score (nSPS) is 10.3. The van der Waals surface area contributed by atoms with Crippen LogP contribution in [0.1, 0.15) is 29.3 Å². The van der Waals surface area contributed by atoms with E-state index in [2.05, 4.69) is 0 Å². The van der Waals surface area contributed by atoms with E-state index in [0.717, 1.165) is 5.56 Å². The molecule has 24 heavy (non-hydrogen) atoms. The molecule has 6 heteroatoms. The van der Waals surface area contributed by atoms with E-state index in [1.54, 1.807) is 31.2 Å². The van der Waals surface area contributed by atoms with Gasteiger partial charge in [-0.15, -0.1) is 0 Å². The Morgan fingerprint density at radius 1 is 1.04 bits per heavy atom. The molecule has 4 nitrogen and oxygen atoms in total. The summed E-state index contributed by atoms with van der Waals surface area (Å²) in [5, 5.41) is 0.647. The van der Waals surface area contributed by atoms with E-state index < -0.39 is 5.97 Å². The number of ketones is 1. The van der Waals surface area contributed by atoms with Crippen molar-refractivity contribution in [3.05, 3.63) is 57.6 Å². The lowest BCUT2D eigenvalue weighted by Gasteiger charge is -2.11. The molecule has 0 aliphatic heterocycles. The van der Waals surface area contributed by atoms with Gasteiger partial charge in [0.15, 0.2) is 11.5 Å². The van der Waals surface area contributed by atoms with E-state index in [1.807, 2.05) is 0 Å². The SMILES string of the molecule is COc1cc(CCC(C)=O)ccc1OC(=O)c1ccc(Cl)cc1Cl. The van der Waals surface area contributed by atoms with Gasteiger partial charge >= 0.3 is 5.97 Å². The Labute approximate surface area is 150 Å². The highest BCUT2D eigenvalue weighted by atomic mass is 35.5. The van der Waals surface area contributed by atoms with Gasteiger partial charge in [-0.3, -0.25) is 0 Å². The highest BCUT2D eigenvalue weighted by Gasteiger charge is 2.16. The average Bonchev–Trinajstić information content (AvgIpc) is 2.53. The zero-order valence-corrected chi connectivity index (χ0v) is 14.8. The molecule has 0 N–H and O–H groups in total. The molecule has 0 saturated carbocycles. The highest BCUT2D eigenvalue weighted by Crippen LogP contribution is 2.30. The van der Waals surface area contributed by atoms with Crippen LogP contribution in [0.3, 0.4) is 0 Å². The molecule has 0 fully saturated rings. The van der Waals surface area contributed by atoms with Crippen LogP contribution in [0.15, 0.2) is 36.4 Å². The maximum atomic E-state index is 12.3. The van der Waals surface area contributed by atoms with Gasteiger partial charge in [0.25, 0.3) is 0 Å². The fraction of sp³-hybridized carbons (Fsp3) is 0.222.